The smallest absolute Gasteiger partial charge is 0.239 e. The molecule has 4 nitrogen and oxygen atoms in total. The average Bonchev–Trinajstić information content (AvgIpc) is 2.60. The van der Waals surface area contributed by atoms with Crippen LogP contribution in [-0.4, -0.2) is 22.8 Å². The van der Waals surface area contributed by atoms with Crippen LogP contribution in [0.25, 0.3) is 0 Å². The highest BCUT2D eigenvalue weighted by molar-refractivity contribution is 7.99. The third-order valence-corrected chi connectivity index (χ3v) is 6.04. The quantitative estimate of drug-likeness (QED) is 0.398. The molecule has 1 aliphatic carbocycles. The van der Waals surface area contributed by atoms with Crippen LogP contribution >= 0.6 is 24.0 Å². The van der Waals surface area contributed by atoms with Crippen LogP contribution in [0, 0.1) is 23.5 Å². The first-order valence-corrected chi connectivity index (χ1v) is 10.2. The highest BCUT2D eigenvalue weighted by atomic mass is 32.2. The maximum Gasteiger partial charge on any atom is 0.239 e. The van der Waals surface area contributed by atoms with Crippen molar-refractivity contribution in [2.75, 3.05) is 5.75 Å². The Kier molecular flexibility index (Phi) is 8.09. The molecule has 0 saturated heterocycles. The van der Waals surface area contributed by atoms with Gasteiger partial charge in [-0.1, -0.05) is 26.7 Å². The van der Waals surface area contributed by atoms with Gasteiger partial charge in [-0.3, -0.25) is 15.6 Å². The van der Waals surface area contributed by atoms with Crippen molar-refractivity contribution in [3.05, 3.63) is 29.8 Å². The van der Waals surface area contributed by atoms with Gasteiger partial charge in [-0.15, -0.1) is 11.8 Å². The van der Waals surface area contributed by atoms with E-state index in [2.05, 4.69) is 30.0 Å². The zero-order valence-electron chi connectivity index (χ0n) is 15.0. The summed E-state index contributed by atoms with van der Waals surface area (Å²) in [5.74, 6) is -0.327. The van der Waals surface area contributed by atoms with Crippen molar-refractivity contribution in [2.24, 2.45) is 11.8 Å². The summed E-state index contributed by atoms with van der Waals surface area (Å²) in [6, 6.07) is 4.02. The summed E-state index contributed by atoms with van der Waals surface area (Å²) in [4.78, 5) is 12.4. The van der Waals surface area contributed by atoms with Gasteiger partial charge in [-0.2, -0.15) is 0 Å². The zero-order valence-corrected chi connectivity index (χ0v) is 16.6. The summed E-state index contributed by atoms with van der Waals surface area (Å²) in [6.07, 6.45) is 3.73. The van der Waals surface area contributed by atoms with Crippen LogP contribution in [0.3, 0.4) is 0 Å². The van der Waals surface area contributed by atoms with E-state index in [1.807, 2.05) is 0 Å². The molecule has 0 unspecified atom stereocenters. The molecule has 3 atom stereocenters. The molecule has 2 rings (SSSR count). The number of thioether (sulfide) groups is 1. The lowest BCUT2D eigenvalue weighted by Crippen LogP contribution is -2.52. The second-order valence-electron chi connectivity index (χ2n) is 6.69. The third-order valence-electron chi connectivity index (χ3n) is 4.83. The van der Waals surface area contributed by atoms with Gasteiger partial charge < -0.3 is 5.32 Å². The molecule has 1 amide bonds. The van der Waals surface area contributed by atoms with E-state index in [4.69, 9.17) is 12.2 Å². The molecule has 144 valence electrons. The Bertz CT molecular complexity index is 645. The maximum absolute atomic E-state index is 13.1. The predicted molar refractivity (Wildman–Crippen MR) is 105 cm³/mol. The monoisotopic (exact) mass is 401 g/mol. The first kappa shape index (κ1) is 20.9. The van der Waals surface area contributed by atoms with Gasteiger partial charge in [0.25, 0.3) is 0 Å². The molecule has 8 heteroatoms. The van der Waals surface area contributed by atoms with Gasteiger partial charge in [0.2, 0.25) is 5.91 Å². The topological polar surface area (TPSA) is 53.2 Å². The summed E-state index contributed by atoms with van der Waals surface area (Å²) in [5, 5.41) is 3.69. The minimum atomic E-state index is -0.885. The van der Waals surface area contributed by atoms with E-state index < -0.39 is 11.6 Å². The number of thiocarbonyl (C=S) groups is 1. The number of benzene rings is 1. The molecule has 3 N–H and O–H groups in total. The minimum absolute atomic E-state index is 0.214. The number of rotatable bonds is 5. The van der Waals surface area contributed by atoms with Crippen molar-refractivity contribution in [2.45, 2.75) is 50.5 Å². The normalized spacial score (nSPS) is 22.5. The molecule has 0 radical (unpaired) electrons. The Hall–Kier alpha value is -1.41. The summed E-state index contributed by atoms with van der Waals surface area (Å²) in [7, 11) is 0. The van der Waals surface area contributed by atoms with E-state index in [1.54, 1.807) is 0 Å². The molecule has 0 heterocycles. The average molecular weight is 402 g/mol. The highest BCUT2D eigenvalue weighted by Gasteiger charge is 2.27. The second kappa shape index (κ2) is 10.1. The van der Waals surface area contributed by atoms with Crippen LogP contribution in [0.4, 0.5) is 8.78 Å². The fraction of sp³-hybridized carbons (Fsp3) is 0.556. The van der Waals surface area contributed by atoms with Gasteiger partial charge in [0.15, 0.2) is 16.7 Å². The summed E-state index contributed by atoms with van der Waals surface area (Å²) >= 11 is 6.53. The predicted octanol–water partition coefficient (Wildman–Crippen LogP) is 3.77. The Morgan fingerprint density at radius 2 is 2.00 bits per heavy atom. The number of carbonyl (C=O) groups excluding carboxylic acids is 1. The molecule has 1 saturated carbocycles. The molecule has 1 aliphatic rings. The Morgan fingerprint density at radius 1 is 1.23 bits per heavy atom. The number of halogens is 2. The number of hydrazine groups is 1. The molecule has 0 aliphatic heterocycles. The van der Waals surface area contributed by atoms with Gasteiger partial charge in [0.05, 0.1) is 0 Å². The third kappa shape index (κ3) is 6.39. The summed E-state index contributed by atoms with van der Waals surface area (Å²) < 4.78 is 26.0. The highest BCUT2D eigenvalue weighted by Crippen LogP contribution is 2.29. The molecular formula is C18H25F2N3OS2. The lowest BCUT2D eigenvalue weighted by atomic mass is 9.78. The van der Waals surface area contributed by atoms with Crippen molar-refractivity contribution in [1.29, 1.82) is 0 Å². The number of hydrogen-bond acceptors (Lipinski definition) is 3. The van der Waals surface area contributed by atoms with Gasteiger partial charge in [0, 0.05) is 23.1 Å². The van der Waals surface area contributed by atoms with Crippen LogP contribution in [0.1, 0.15) is 39.5 Å². The molecule has 26 heavy (non-hydrogen) atoms. The largest absolute Gasteiger partial charge is 0.358 e. The van der Waals surface area contributed by atoms with Crippen molar-refractivity contribution in [3.8, 4) is 0 Å². The van der Waals surface area contributed by atoms with E-state index >= 15 is 0 Å². The minimum Gasteiger partial charge on any atom is -0.358 e. The van der Waals surface area contributed by atoms with E-state index in [1.165, 1.54) is 30.7 Å². The number of carbonyl (C=O) groups is 1. The van der Waals surface area contributed by atoms with Crippen LogP contribution in [-0.2, 0) is 4.79 Å². The van der Waals surface area contributed by atoms with Gasteiger partial charge in [0.1, 0.15) is 0 Å². The molecular weight excluding hydrogens is 376 g/mol. The molecule has 1 aromatic rings. The molecule has 0 bridgehead atoms. The standard InChI is InChI=1S/C18H25F2N3OS2/c1-11-4-3-5-16(12(11)2)21-18(25)23-22-17(24)8-9-26-13-6-7-14(19)15(20)10-13/h6-7,10-12,16H,3-5,8-9H2,1-2H3,(H,22,24)(H2,21,23,25)/t11-,12+,16-/m0/s1. The molecule has 0 spiro atoms. The first-order valence-electron chi connectivity index (χ1n) is 8.80. The van der Waals surface area contributed by atoms with Crippen LogP contribution in [0.2, 0.25) is 0 Å². The van der Waals surface area contributed by atoms with Crippen LogP contribution < -0.4 is 16.2 Å². The van der Waals surface area contributed by atoms with Crippen molar-refractivity contribution < 1.29 is 13.6 Å². The molecule has 1 aromatic carbocycles. The van der Waals surface area contributed by atoms with E-state index in [0.29, 0.717) is 33.6 Å². The van der Waals surface area contributed by atoms with Crippen molar-refractivity contribution >= 4 is 35.0 Å². The summed E-state index contributed by atoms with van der Waals surface area (Å²) in [5.41, 5.74) is 5.30. The second-order valence-corrected chi connectivity index (χ2v) is 8.27. The zero-order chi connectivity index (χ0) is 19.1. The Morgan fingerprint density at radius 3 is 2.73 bits per heavy atom. The van der Waals surface area contributed by atoms with E-state index in [9.17, 15) is 13.6 Å². The Balaban J connectivity index is 1.64. The lowest BCUT2D eigenvalue weighted by molar-refractivity contribution is -0.121. The fourth-order valence-electron chi connectivity index (χ4n) is 3.01. The van der Waals surface area contributed by atoms with Gasteiger partial charge in [-0.05, 0) is 48.7 Å². The fourth-order valence-corrected chi connectivity index (χ4v) is 4.08. The first-order chi connectivity index (χ1) is 12.4. The van der Waals surface area contributed by atoms with Crippen LogP contribution in [0.15, 0.2) is 23.1 Å². The number of hydrogen-bond donors (Lipinski definition) is 3. The SMILES string of the molecule is C[C@H]1[C@@H](NC(=S)NNC(=O)CCSc2ccc(F)c(F)c2)CCC[C@@H]1C. The van der Waals surface area contributed by atoms with Crippen molar-refractivity contribution in [3.63, 3.8) is 0 Å². The molecule has 0 aromatic heterocycles. The van der Waals surface area contributed by atoms with Crippen LogP contribution in [0.5, 0.6) is 0 Å². The lowest BCUT2D eigenvalue weighted by Gasteiger charge is -2.35. The summed E-state index contributed by atoms with van der Waals surface area (Å²) in [6.45, 7) is 4.47. The van der Waals surface area contributed by atoms with E-state index in [0.717, 1.165) is 18.6 Å². The van der Waals surface area contributed by atoms with Gasteiger partial charge >= 0.3 is 0 Å². The number of nitrogens with one attached hydrogen (secondary N) is 3. The number of amides is 1. The van der Waals surface area contributed by atoms with E-state index in [-0.39, 0.29) is 12.3 Å². The Labute approximate surface area is 162 Å². The van der Waals surface area contributed by atoms with Crippen molar-refractivity contribution in [1.82, 2.24) is 16.2 Å². The van der Waals surface area contributed by atoms with Gasteiger partial charge in [-0.25, -0.2) is 8.78 Å². The molecule has 1 fully saturated rings. The maximum atomic E-state index is 13.1.